The Morgan fingerprint density at radius 1 is 1.06 bits per heavy atom. The van der Waals surface area contributed by atoms with Crippen LogP contribution in [0.4, 0.5) is 14.9 Å². The van der Waals surface area contributed by atoms with Gasteiger partial charge in [-0.3, -0.25) is 14.9 Å². The van der Waals surface area contributed by atoms with Crippen LogP contribution < -0.4 is 15.0 Å². The molecule has 1 saturated heterocycles. The SMILES string of the molecule is COc1cc(/C=C2\C(=O)NC(=O)N(c3ccc(C)c(Cl)c3)C2=O)ccc1Cc1cccc(F)c1. The molecule has 172 valence electrons. The van der Waals surface area contributed by atoms with Crippen molar-refractivity contribution >= 4 is 41.2 Å². The van der Waals surface area contributed by atoms with Gasteiger partial charge in [0.25, 0.3) is 11.8 Å². The van der Waals surface area contributed by atoms with Gasteiger partial charge in [0.1, 0.15) is 17.1 Å². The summed E-state index contributed by atoms with van der Waals surface area (Å²) < 4.78 is 19.0. The first-order valence-corrected chi connectivity index (χ1v) is 10.7. The highest BCUT2D eigenvalue weighted by molar-refractivity contribution is 6.39. The molecule has 1 heterocycles. The maximum Gasteiger partial charge on any atom is 0.335 e. The van der Waals surface area contributed by atoms with Gasteiger partial charge in [0.05, 0.1) is 12.8 Å². The van der Waals surface area contributed by atoms with E-state index < -0.39 is 17.8 Å². The van der Waals surface area contributed by atoms with Crippen LogP contribution in [0.1, 0.15) is 22.3 Å². The van der Waals surface area contributed by atoms with Crippen molar-refractivity contribution in [3.63, 3.8) is 0 Å². The summed E-state index contributed by atoms with van der Waals surface area (Å²) >= 11 is 6.15. The third-order valence-electron chi connectivity index (χ3n) is 5.42. The molecule has 0 aliphatic carbocycles. The number of halogens is 2. The fourth-order valence-electron chi connectivity index (χ4n) is 3.64. The van der Waals surface area contributed by atoms with Crippen LogP contribution in [-0.4, -0.2) is 25.0 Å². The van der Waals surface area contributed by atoms with Crippen LogP contribution in [0.25, 0.3) is 6.08 Å². The number of anilines is 1. The van der Waals surface area contributed by atoms with E-state index in [2.05, 4.69) is 5.32 Å². The molecule has 1 aliphatic heterocycles. The average molecular weight is 479 g/mol. The fourth-order valence-corrected chi connectivity index (χ4v) is 3.82. The maximum absolute atomic E-state index is 13.5. The number of barbiturate groups is 1. The van der Waals surface area contributed by atoms with Crippen LogP contribution in [-0.2, 0) is 16.0 Å². The van der Waals surface area contributed by atoms with Gasteiger partial charge < -0.3 is 4.74 Å². The standard InChI is InChI=1S/C26H20ClFN2O4/c1-15-6-9-20(14-22(15)27)30-25(32)21(24(31)29-26(30)33)12-17-7-8-18(23(13-17)34-2)10-16-4-3-5-19(28)11-16/h3-9,11-14H,10H2,1-2H3,(H,29,31,33)/b21-12+. The highest BCUT2D eigenvalue weighted by atomic mass is 35.5. The topological polar surface area (TPSA) is 75.7 Å². The maximum atomic E-state index is 13.5. The summed E-state index contributed by atoms with van der Waals surface area (Å²) in [5, 5.41) is 2.58. The zero-order valence-corrected chi connectivity index (χ0v) is 19.2. The number of carbonyl (C=O) groups excluding carboxylic acids is 3. The predicted octanol–water partition coefficient (Wildman–Crippen LogP) is 5.05. The number of benzene rings is 3. The van der Waals surface area contributed by atoms with Crippen molar-refractivity contribution in [3.8, 4) is 5.75 Å². The minimum Gasteiger partial charge on any atom is -0.496 e. The summed E-state index contributed by atoms with van der Waals surface area (Å²) in [4.78, 5) is 38.9. The van der Waals surface area contributed by atoms with E-state index >= 15 is 0 Å². The Hall–Kier alpha value is -3.97. The van der Waals surface area contributed by atoms with E-state index in [9.17, 15) is 18.8 Å². The smallest absolute Gasteiger partial charge is 0.335 e. The Morgan fingerprint density at radius 2 is 1.85 bits per heavy atom. The lowest BCUT2D eigenvalue weighted by Crippen LogP contribution is -2.54. The molecular formula is C26H20ClFN2O4. The predicted molar refractivity (Wildman–Crippen MR) is 127 cm³/mol. The lowest BCUT2D eigenvalue weighted by atomic mass is 10.0. The molecule has 0 spiro atoms. The number of hydrogen-bond donors (Lipinski definition) is 1. The number of carbonyl (C=O) groups is 3. The van der Waals surface area contributed by atoms with E-state index in [0.29, 0.717) is 22.8 Å². The number of urea groups is 1. The number of methoxy groups -OCH3 is 1. The number of aryl methyl sites for hydroxylation is 1. The second-order valence-corrected chi connectivity index (χ2v) is 8.18. The zero-order chi connectivity index (χ0) is 24.4. The van der Waals surface area contributed by atoms with Crippen LogP contribution in [0.3, 0.4) is 0 Å². The summed E-state index contributed by atoms with van der Waals surface area (Å²) in [7, 11) is 1.50. The average Bonchev–Trinajstić information content (AvgIpc) is 2.79. The molecule has 0 bridgehead atoms. The highest BCUT2D eigenvalue weighted by Gasteiger charge is 2.37. The first-order valence-electron chi connectivity index (χ1n) is 10.4. The molecular weight excluding hydrogens is 459 g/mol. The summed E-state index contributed by atoms with van der Waals surface area (Å²) in [6.07, 6.45) is 1.83. The van der Waals surface area contributed by atoms with Gasteiger partial charge in [0.15, 0.2) is 0 Å². The largest absolute Gasteiger partial charge is 0.496 e. The van der Waals surface area contributed by atoms with Crippen LogP contribution in [0.2, 0.25) is 5.02 Å². The Labute approximate surface area is 200 Å². The summed E-state index contributed by atoms with van der Waals surface area (Å²) in [5.41, 5.74) is 2.93. The molecule has 4 amide bonds. The third kappa shape index (κ3) is 4.70. The van der Waals surface area contributed by atoms with Gasteiger partial charge in [0.2, 0.25) is 0 Å². The molecule has 34 heavy (non-hydrogen) atoms. The molecule has 1 fully saturated rings. The zero-order valence-electron chi connectivity index (χ0n) is 18.4. The minimum atomic E-state index is -0.852. The van der Waals surface area contributed by atoms with Crippen molar-refractivity contribution < 1.29 is 23.5 Å². The van der Waals surface area contributed by atoms with E-state index in [0.717, 1.165) is 21.6 Å². The number of nitrogens with zero attached hydrogens (tertiary/aromatic N) is 1. The molecule has 0 radical (unpaired) electrons. The third-order valence-corrected chi connectivity index (χ3v) is 5.83. The first-order chi connectivity index (χ1) is 16.3. The molecule has 3 aromatic carbocycles. The van der Waals surface area contributed by atoms with Crippen molar-refractivity contribution in [2.75, 3.05) is 12.0 Å². The minimum absolute atomic E-state index is 0.212. The van der Waals surface area contributed by atoms with Gasteiger partial charge in [-0.2, -0.15) is 0 Å². The first kappa shape index (κ1) is 23.2. The van der Waals surface area contributed by atoms with Crippen molar-refractivity contribution in [2.45, 2.75) is 13.3 Å². The molecule has 8 heteroatoms. The molecule has 1 N–H and O–H groups in total. The van der Waals surface area contributed by atoms with Gasteiger partial charge in [0, 0.05) is 11.4 Å². The number of amides is 4. The molecule has 0 saturated carbocycles. The quantitative estimate of drug-likeness (QED) is 0.411. The van der Waals surface area contributed by atoms with Crippen molar-refractivity contribution in [2.24, 2.45) is 0 Å². The van der Waals surface area contributed by atoms with E-state index in [4.69, 9.17) is 16.3 Å². The van der Waals surface area contributed by atoms with Crippen LogP contribution in [0.15, 0.2) is 66.2 Å². The van der Waals surface area contributed by atoms with Crippen molar-refractivity contribution in [1.29, 1.82) is 0 Å². The normalized spacial score (nSPS) is 15.0. The molecule has 6 nitrogen and oxygen atoms in total. The summed E-state index contributed by atoms with van der Waals surface area (Å²) in [5.74, 6) is -1.38. The molecule has 1 aliphatic rings. The number of hydrogen-bond acceptors (Lipinski definition) is 4. The second-order valence-electron chi connectivity index (χ2n) is 7.77. The van der Waals surface area contributed by atoms with Crippen LogP contribution >= 0.6 is 11.6 Å². The van der Waals surface area contributed by atoms with Gasteiger partial charge in [-0.15, -0.1) is 0 Å². The number of imide groups is 2. The van der Waals surface area contributed by atoms with E-state index in [1.807, 2.05) is 6.07 Å². The fraction of sp³-hybridized carbons (Fsp3) is 0.115. The molecule has 0 unspecified atom stereocenters. The number of ether oxygens (including phenoxy) is 1. The summed E-state index contributed by atoms with van der Waals surface area (Å²) in [6.45, 7) is 1.80. The Bertz CT molecular complexity index is 1350. The van der Waals surface area contributed by atoms with E-state index in [1.54, 1.807) is 43.3 Å². The lowest BCUT2D eigenvalue weighted by molar-refractivity contribution is -0.122. The van der Waals surface area contributed by atoms with Crippen LogP contribution in [0.5, 0.6) is 5.75 Å². The van der Waals surface area contributed by atoms with E-state index in [1.165, 1.54) is 31.4 Å². The molecule has 4 rings (SSSR count). The van der Waals surface area contributed by atoms with Crippen molar-refractivity contribution in [1.82, 2.24) is 5.32 Å². The second kappa shape index (κ2) is 9.49. The van der Waals surface area contributed by atoms with E-state index in [-0.39, 0.29) is 17.1 Å². The lowest BCUT2D eigenvalue weighted by Gasteiger charge is -2.26. The monoisotopic (exact) mass is 478 g/mol. The highest BCUT2D eigenvalue weighted by Crippen LogP contribution is 2.28. The van der Waals surface area contributed by atoms with Gasteiger partial charge in [-0.25, -0.2) is 14.1 Å². The van der Waals surface area contributed by atoms with Crippen LogP contribution in [0, 0.1) is 12.7 Å². The molecule has 0 aromatic heterocycles. The van der Waals surface area contributed by atoms with Gasteiger partial charge >= 0.3 is 6.03 Å². The summed E-state index contributed by atoms with van der Waals surface area (Å²) in [6, 6.07) is 15.3. The van der Waals surface area contributed by atoms with Crippen molar-refractivity contribution in [3.05, 3.63) is 99.3 Å². The number of rotatable bonds is 5. The number of nitrogens with one attached hydrogen (secondary N) is 1. The van der Waals surface area contributed by atoms with Gasteiger partial charge in [-0.1, -0.05) is 41.9 Å². The Kier molecular flexibility index (Phi) is 6.47. The Balaban J connectivity index is 1.66. The molecule has 0 atom stereocenters. The molecule has 3 aromatic rings. The Morgan fingerprint density at radius 3 is 2.56 bits per heavy atom. The van der Waals surface area contributed by atoms with Gasteiger partial charge in [-0.05, 0) is 65.6 Å².